The van der Waals surface area contributed by atoms with Crippen LogP contribution in [-0.4, -0.2) is 16.5 Å². The molecular formula is C11H15N5S. The maximum absolute atomic E-state index is 5.29. The fourth-order valence-electron chi connectivity index (χ4n) is 1.49. The topological polar surface area (TPSA) is 75.9 Å². The predicted molar refractivity (Wildman–Crippen MR) is 71.1 cm³/mol. The summed E-state index contributed by atoms with van der Waals surface area (Å²) in [6.45, 7) is 2.76. The molecule has 0 saturated carbocycles. The Morgan fingerprint density at radius 2 is 2.29 bits per heavy atom. The summed E-state index contributed by atoms with van der Waals surface area (Å²) in [5.74, 6) is 6.52. The van der Waals surface area contributed by atoms with Gasteiger partial charge < -0.3 is 5.32 Å². The molecule has 5 nitrogen and oxygen atoms in total. The van der Waals surface area contributed by atoms with Crippen LogP contribution >= 0.6 is 11.3 Å². The highest BCUT2D eigenvalue weighted by Gasteiger charge is 2.00. The number of thiophene rings is 1. The summed E-state index contributed by atoms with van der Waals surface area (Å²) in [4.78, 5) is 9.70. The van der Waals surface area contributed by atoms with Gasteiger partial charge in [-0.1, -0.05) is 6.07 Å². The van der Waals surface area contributed by atoms with Gasteiger partial charge in [-0.3, -0.25) is 5.43 Å². The molecule has 4 N–H and O–H groups in total. The Hall–Kier alpha value is -1.66. The number of anilines is 2. The average molecular weight is 249 g/mol. The van der Waals surface area contributed by atoms with Crippen LogP contribution in [0.5, 0.6) is 0 Å². The van der Waals surface area contributed by atoms with Gasteiger partial charge in [0.15, 0.2) is 0 Å². The van der Waals surface area contributed by atoms with Gasteiger partial charge >= 0.3 is 0 Å². The molecule has 0 saturated heterocycles. The van der Waals surface area contributed by atoms with Crippen molar-refractivity contribution in [3.63, 3.8) is 0 Å². The van der Waals surface area contributed by atoms with E-state index in [0.717, 1.165) is 24.5 Å². The number of nitrogens with two attached hydrogens (primary N) is 1. The molecular weight excluding hydrogens is 234 g/mol. The highest BCUT2D eigenvalue weighted by Crippen LogP contribution is 2.11. The van der Waals surface area contributed by atoms with Crippen LogP contribution in [0.1, 0.15) is 10.6 Å². The zero-order valence-corrected chi connectivity index (χ0v) is 10.4. The van der Waals surface area contributed by atoms with E-state index >= 15 is 0 Å². The standard InChI is InChI=1S/C11H15N5S/c1-8-7-10(15-11(14-8)16-12)13-5-4-9-3-2-6-17-9/h2-3,6-7H,4-5,12H2,1H3,(H2,13,14,15,16). The van der Waals surface area contributed by atoms with E-state index in [1.165, 1.54) is 4.88 Å². The number of rotatable bonds is 5. The SMILES string of the molecule is Cc1cc(NCCc2cccs2)nc(NN)n1. The quantitative estimate of drug-likeness (QED) is 0.556. The lowest BCUT2D eigenvalue weighted by Crippen LogP contribution is -2.13. The fourth-order valence-corrected chi connectivity index (χ4v) is 2.20. The summed E-state index contributed by atoms with van der Waals surface area (Å²) >= 11 is 1.76. The van der Waals surface area contributed by atoms with Crippen LogP contribution in [0.2, 0.25) is 0 Å². The third-order valence-electron chi connectivity index (χ3n) is 2.24. The van der Waals surface area contributed by atoms with Crippen molar-refractivity contribution >= 4 is 23.1 Å². The predicted octanol–water partition coefficient (Wildman–Crippen LogP) is 1.79. The molecule has 0 aliphatic heterocycles. The maximum atomic E-state index is 5.29. The molecule has 0 aromatic carbocycles. The Morgan fingerprint density at radius 1 is 1.41 bits per heavy atom. The number of aryl methyl sites for hydroxylation is 1. The first-order valence-corrected chi connectivity index (χ1v) is 6.24. The van der Waals surface area contributed by atoms with Crippen LogP contribution in [0, 0.1) is 6.92 Å². The molecule has 0 amide bonds. The first-order valence-electron chi connectivity index (χ1n) is 5.36. The zero-order valence-electron chi connectivity index (χ0n) is 9.60. The van der Waals surface area contributed by atoms with Crippen molar-refractivity contribution < 1.29 is 0 Å². The smallest absolute Gasteiger partial charge is 0.239 e. The van der Waals surface area contributed by atoms with E-state index < -0.39 is 0 Å². The minimum absolute atomic E-state index is 0.434. The number of hydrogen-bond donors (Lipinski definition) is 3. The number of hydrogen-bond acceptors (Lipinski definition) is 6. The number of hydrazine groups is 1. The van der Waals surface area contributed by atoms with E-state index in [2.05, 4.69) is 38.2 Å². The lowest BCUT2D eigenvalue weighted by molar-refractivity contribution is 1.00. The van der Waals surface area contributed by atoms with Gasteiger partial charge in [0, 0.05) is 23.2 Å². The van der Waals surface area contributed by atoms with E-state index in [9.17, 15) is 0 Å². The Balaban J connectivity index is 1.92. The largest absolute Gasteiger partial charge is 0.370 e. The lowest BCUT2D eigenvalue weighted by atomic mass is 10.3. The zero-order chi connectivity index (χ0) is 12.1. The van der Waals surface area contributed by atoms with Crippen molar-refractivity contribution in [1.29, 1.82) is 0 Å². The molecule has 90 valence electrons. The van der Waals surface area contributed by atoms with Crippen molar-refractivity contribution in [1.82, 2.24) is 9.97 Å². The molecule has 17 heavy (non-hydrogen) atoms. The summed E-state index contributed by atoms with van der Waals surface area (Å²) < 4.78 is 0. The monoisotopic (exact) mass is 249 g/mol. The van der Waals surface area contributed by atoms with E-state index in [1.54, 1.807) is 11.3 Å². The second kappa shape index (κ2) is 5.60. The lowest BCUT2D eigenvalue weighted by Gasteiger charge is -2.07. The van der Waals surface area contributed by atoms with E-state index in [-0.39, 0.29) is 0 Å². The third kappa shape index (κ3) is 3.40. The van der Waals surface area contributed by atoms with Crippen molar-refractivity contribution in [2.75, 3.05) is 17.3 Å². The molecule has 0 bridgehead atoms. The summed E-state index contributed by atoms with van der Waals surface area (Å²) in [6, 6.07) is 6.09. The van der Waals surface area contributed by atoms with Gasteiger partial charge in [0.1, 0.15) is 5.82 Å². The molecule has 2 rings (SSSR count). The average Bonchev–Trinajstić information content (AvgIpc) is 2.81. The summed E-state index contributed by atoms with van der Waals surface area (Å²) in [5.41, 5.74) is 3.33. The summed E-state index contributed by atoms with van der Waals surface area (Å²) in [5, 5.41) is 5.34. The highest BCUT2D eigenvalue weighted by molar-refractivity contribution is 7.09. The molecule has 0 radical (unpaired) electrons. The fraction of sp³-hybridized carbons (Fsp3) is 0.273. The Kier molecular flexibility index (Phi) is 3.89. The molecule has 0 atom stereocenters. The van der Waals surface area contributed by atoms with Crippen LogP contribution in [0.25, 0.3) is 0 Å². The molecule has 0 spiro atoms. The van der Waals surface area contributed by atoms with Crippen molar-refractivity contribution in [2.24, 2.45) is 5.84 Å². The van der Waals surface area contributed by atoms with E-state index in [0.29, 0.717) is 5.95 Å². The molecule has 0 unspecified atom stereocenters. The van der Waals surface area contributed by atoms with Crippen molar-refractivity contribution in [3.8, 4) is 0 Å². The first kappa shape index (κ1) is 11.8. The van der Waals surface area contributed by atoms with Gasteiger partial charge in [-0.15, -0.1) is 11.3 Å². The molecule has 0 aliphatic carbocycles. The summed E-state index contributed by atoms with van der Waals surface area (Å²) in [6.07, 6.45) is 0.992. The normalized spacial score (nSPS) is 10.2. The second-order valence-corrected chi connectivity index (χ2v) is 4.65. The van der Waals surface area contributed by atoms with Gasteiger partial charge in [-0.05, 0) is 24.8 Å². The molecule has 0 fully saturated rings. The molecule has 2 aromatic heterocycles. The second-order valence-electron chi connectivity index (χ2n) is 3.62. The van der Waals surface area contributed by atoms with Crippen LogP contribution in [0.3, 0.4) is 0 Å². The molecule has 0 aliphatic rings. The number of aromatic nitrogens is 2. The molecule has 6 heteroatoms. The van der Waals surface area contributed by atoms with Gasteiger partial charge in [0.2, 0.25) is 5.95 Å². The Bertz CT molecular complexity index is 469. The number of nitrogens with one attached hydrogen (secondary N) is 2. The van der Waals surface area contributed by atoms with Gasteiger partial charge in [-0.2, -0.15) is 4.98 Å². The minimum atomic E-state index is 0.434. The Morgan fingerprint density at radius 3 is 3.00 bits per heavy atom. The highest BCUT2D eigenvalue weighted by atomic mass is 32.1. The van der Waals surface area contributed by atoms with Gasteiger partial charge in [0.25, 0.3) is 0 Å². The van der Waals surface area contributed by atoms with Crippen LogP contribution in [-0.2, 0) is 6.42 Å². The van der Waals surface area contributed by atoms with Crippen LogP contribution < -0.4 is 16.6 Å². The third-order valence-corrected chi connectivity index (χ3v) is 3.18. The maximum Gasteiger partial charge on any atom is 0.239 e. The van der Waals surface area contributed by atoms with Crippen LogP contribution in [0.15, 0.2) is 23.6 Å². The molecule has 2 aromatic rings. The first-order chi connectivity index (χ1) is 8.28. The van der Waals surface area contributed by atoms with E-state index in [4.69, 9.17) is 5.84 Å². The minimum Gasteiger partial charge on any atom is -0.370 e. The van der Waals surface area contributed by atoms with Crippen molar-refractivity contribution in [2.45, 2.75) is 13.3 Å². The summed E-state index contributed by atoms with van der Waals surface area (Å²) in [7, 11) is 0. The molecule has 2 heterocycles. The van der Waals surface area contributed by atoms with Gasteiger partial charge in [-0.25, -0.2) is 10.8 Å². The van der Waals surface area contributed by atoms with E-state index in [1.807, 2.05) is 13.0 Å². The van der Waals surface area contributed by atoms with Gasteiger partial charge in [0.05, 0.1) is 0 Å². The number of nitrogen functional groups attached to an aromatic ring is 1. The Labute approximate surface area is 104 Å². The number of nitrogens with zero attached hydrogens (tertiary/aromatic N) is 2. The van der Waals surface area contributed by atoms with Crippen molar-refractivity contribution in [3.05, 3.63) is 34.2 Å². The van der Waals surface area contributed by atoms with Crippen LogP contribution in [0.4, 0.5) is 11.8 Å².